The van der Waals surface area contributed by atoms with Gasteiger partial charge in [-0.05, 0) is 12.1 Å². The van der Waals surface area contributed by atoms with Crippen LogP contribution in [0.1, 0.15) is 32.6 Å². The maximum absolute atomic E-state index is 12.5. The molecule has 1 saturated heterocycles. The van der Waals surface area contributed by atoms with Gasteiger partial charge in [0, 0.05) is 46.3 Å². The van der Waals surface area contributed by atoms with Crippen LogP contribution in [0.4, 0.5) is 0 Å². The van der Waals surface area contributed by atoms with E-state index in [1.165, 1.54) is 6.20 Å². The lowest BCUT2D eigenvalue weighted by atomic mass is 10.2. The zero-order valence-corrected chi connectivity index (χ0v) is 14.2. The lowest BCUT2D eigenvalue weighted by molar-refractivity contribution is 0.0623. The van der Waals surface area contributed by atoms with Crippen molar-refractivity contribution in [2.45, 2.75) is 13.5 Å². The average molecular weight is 344 g/mol. The number of nitrogens with one attached hydrogen (secondary N) is 1. The first kappa shape index (κ1) is 17.0. The van der Waals surface area contributed by atoms with Gasteiger partial charge in [0.2, 0.25) is 5.89 Å². The molecule has 25 heavy (non-hydrogen) atoms. The number of rotatable bonds is 4. The average Bonchev–Trinajstić information content (AvgIpc) is 3.06. The molecule has 0 aliphatic carbocycles. The van der Waals surface area contributed by atoms with Crippen LogP contribution in [0.15, 0.2) is 22.9 Å². The van der Waals surface area contributed by atoms with Crippen LogP contribution in [0, 0.1) is 6.92 Å². The summed E-state index contributed by atoms with van der Waals surface area (Å²) in [6, 6.07) is 3.19. The molecule has 0 atom stereocenters. The molecule has 2 amide bonds. The van der Waals surface area contributed by atoms with Crippen LogP contribution in [-0.2, 0) is 6.54 Å². The van der Waals surface area contributed by atoms with Gasteiger partial charge in [0.25, 0.3) is 11.8 Å². The molecule has 0 unspecified atom stereocenters. The lowest BCUT2D eigenvalue weighted by Crippen LogP contribution is -2.48. The van der Waals surface area contributed by atoms with Crippen molar-refractivity contribution in [3.8, 4) is 0 Å². The fraction of sp³-hybridized carbons (Fsp3) is 0.438. The van der Waals surface area contributed by atoms with E-state index in [1.54, 1.807) is 31.0 Å². The normalized spacial score (nSPS) is 15.2. The SMILES string of the molecule is CNC(=O)c1ccc(C(=O)N2CCN(Cc3noc(C)n3)CC2)cn1. The summed E-state index contributed by atoms with van der Waals surface area (Å²) in [6.45, 7) is 5.09. The molecule has 2 aromatic heterocycles. The molecule has 9 heteroatoms. The van der Waals surface area contributed by atoms with Crippen LogP contribution in [0.5, 0.6) is 0 Å². The summed E-state index contributed by atoms with van der Waals surface area (Å²) >= 11 is 0. The molecule has 1 N–H and O–H groups in total. The molecule has 0 bridgehead atoms. The third-order valence-electron chi connectivity index (χ3n) is 4.06. The van der Waals surface area contributed by atoms with E-state index < -0.39 is 0 Å². The Morgan fingerprint density at radius 2 is 2.00 bits per heavy atom. The maximum Gasteiger partial charge on any atom is 0.269 e. The maximum atomic E-state index is 12.5. The number of amides is 2. The van der Waals surface area contributed by atoms with Crippen molar-refractivity contribution in [3.05, 3.63) is 41.3 Å². The molecule has 1 aliphatic heterocycles. The van der Waals surface area contributed by atoms with Gasteiger partial charge in [0.15, 0.2) is 5.82 Å². The second-order valence-electron chi connectivity index (χ2n) is 5.81. The van der Waals surface area contributed by atoms with Gasteiger partial charge >= 0.3 is 0 Å². The molecule has 3 heterocycles. The molecule has 0 aromatic carbocycles. The van der Waals surface area contributed by atoms with Gasteiger partial charge in [0.05, 0.1) is 12.1 Å². The molecule has 1 aliphatic rings. The van der Waals surface area contributed by atoms with Gasteiger partial charge in [-0.2, -0.15) is 4.98 Å². The monoisotopic (exact) mass is 344 g/mol. The van der Waals surface area contributed by atoms with Crippen molar-refractivity contribution in [2.75, 3.05) is 33.2 Å². The summed E-state index contributed by atoms with van der Waals surface area (Å²) < 4.78 is 4.97. The van der Waals surface area contributed by atoms with Gasteiger partial charge in [0.1, 0.15) is 5.69 Å². The summed E-state index contributed by atoms with van der Waals surface area (Å²) in [5.74, 6) is 0.859. The second kappa shape index (κ2) is 7.39. The van der Waals surface area contributed by atoms with Crippen LogP contribution < -0.4 is 5.32 Å². The number of aromatic nitrogens is 3. The number of pyridine rings is 1. The number of nitrogens with zero attached hydrogens (tertiary/aromatic N) is 5. The summed E-state index contributed by atoms with van der Waals surface area (Å²) in [5, 5.41) is 6.39. The molecular formula is C16H20N6O3. The fourth-order valence-electron chi connectivity index (χ4n) is 2.68. The lowest BCUT2D eigenvalue weighted by Gasteiger charge is -2.34. The highest BCUT2D eigenvalue weighted by Gasteiger charge is 2.23. The molecule has 132 valence electrons. The first-order chi connectivity index (χ1) is 12.1. The Bertz CT molecular complexity index is 749. The van der Waals surface area contributed by atoms with Crippen LogP contribution in [0.3, 0.4) is 0 Å². The molecule has 1 fully saturated rings. The number of hydrogen-bond donors (Lipinski definition) is 1. The largest absolute Gasteiger partial charge is 0.354 e. The Kier molecular flexibility index (Phi) is 5.03. The molecule has 3 rings (SSSR count). The topological polar surface area (TPSA) is 104 Å². The predicted molar refractivity (Wildman–Crippen MR) is 87.8 cm³/mol. The van der Waals surface area contributed by atoms with E-state index in [-0.39, 0.29) is 11.8 Å². The van der Waals surface area contributed by atoms with Crippen LogP contribution in [0.25, 0.3) is 0 Å². The Labute approximate surface area is 145 Å². The smallest absolute Gasteiger partial charge is 0.269 e. The van der Waals surface area contributed by atoms with Gasteiger partial charge in [-0.1, -0.05) is 5.16 Å². The zero-order chi connectivity index (χ0) is 17.8. The van der Waals surface area contributed by atoms with Crippen molar-refractivity contribution >= 4 is 11.8 Å². The van der Waals surface area contributed by atoms with E-state index in [0.717, 1.165) is 13.1 Å². The minimum absolute atomic E-state index is 0.0778. The Balaban J connectivity index is 1.55. The minimum Gasteiger partial charge on any atom is -0.354 e. The van der Waals surface area contributed by atoms with Crippen molar-refractivity contribution in [2.24, 2.45) is 0 Å². The number of carbonyl (C=O) groups excluding carboxylic acids is 2. The molecule has 9 nitrogen and oxygen atoms in total. The number of aryl methyl sites for hydroxylation is 1. The van der Waals surface area contributed by atoms with Crippen molar-refractivity contribution in [1.29, 1.82) is 0 Å². The highest BCUT2D eigenvalue weighted by atomic mass is 16.5. The number of piperazine rings is 1. The number of carbonyl (C=O) groups is 2. The van der Waals surface area contributed by atoms with Crippen molar-refractivity contribution < 1.29 is 14.1 Å². The van der Waals surface area contributed by atoms with Crippen molar-refractivity contribution in [3.63, 3.8) is 0 Å². The Morgan fingerprint density at radius 1 is 1.24 bits per heavy atom. The molecular weight excluding hydrogens is 324 g/mol. The molecule has 0 radical (unpaired) electrons. The third-order valence-corrected chi connectivity index (χ3v) is 4.06. The molecule has 0 spiro atoms. The van der Waals surface area contributed by atoms with Gasteiger partial charge in [-0.25, -0.2) is 0 Å². The minimum atomic E-state index is -0.274. The Morgan fingerprint density at radius 3 is 2.56 bits per heavy atom. The van der Waals surface area contributed by atoms with Crippen molar-refractivity contribution in [1.82, 2.24) is 30.2 Å². The standard InChI is InChI=1S/C16H20N6O3/c1-11-19-14(20-25-11)10-21-5-7-22(8-6-21)16(24)12-3-4-13(18-9-12)15(23)17-2/h3-4,9H,5-8,10H2,1-2H3,(H,17,23). The highest BCUT2D eigenvalue weighted by molar-refractivity contribution is 5.96. The predicted octanol–water partition coefficient (Wildman–Crippen LogP) is 0.0906. The van der Waals surface area contributed by atoms with Crippen LogP contribution in [-0.4, -0.2) is 70.0 Å². The van der Waals surface area contributed by atoms with Crippen LogP contribution >= 0.6 is 0 Å². The van der Waals surface area contributed by atoms with E-state index in [0.29, 0.717) is 42.6 Å². The Hall–Kier alpha value is -2.81. The van der Waals surface area contributed by atoms with E-state index in [1.807, 2.05) is 0 Å². The van der Waals surface area contributed by atoms with Crippen LogP contribution in [0.2, 0.25) is 0 Å². The third kappa shape index (κ3) is 4.00. The van der Waals surface area contributed by atoms with E-state index in [4.69, 9.17) is 4.52 Å². The van der Waals surface area contributed by atoms with Gasteiger partial charge in [-0.15, -0.1) is 0 Å². The summed E-state index contributed by atoms with van der Waals surface area (Å²) in [4.78, 5) is 36.2. The number of hydrogen-bond acceptors (Lipinski definition) is 7. The molecule has 0 saturated carbocycles. The summed E-state index contributed by atoms with van der Waals surface area (Å²) in [6.07, 6.45) is 1.45. The quantitative estimate of drug-likeness (QED) is 0.838. The second-order valence-corrected chi connectivity index (χ2v) is 5.81. The first-order valence-corrected chi connectivity index (χ1v) is 8.06. The zero-order valence-electron chi connectivity index (χ0n) is 14.2. The van der Waals surface area contributed by atoms with Gasteiger partial charge < -0.3 is 14.7 Å². The van der Waals surface area contributed by atoms with E-state index in [2.05, 4.69) is 25.3 Å². The highest BCUT2D eigenvalue weighted by Crippen LogP contribution is 2.11. The van der Waals surface area contributed by atoms with E-state index >= 15 is 0 Å². The van der Waals surface area contributed by atoms with Gasteiger partial charge in [-0.3, -0.25) is 19.5 Å². The fourth-order valence-corrected chi connectivity index (χ4v) is 2.68. The van der Waals surface area contributed by atoms with E-state index in [9.17, 15) is 9.59 Å². The summed E-state index contributed by atoms with van der Waals surface area (Å²) in [7, 11) is 1.54. The molecule has 2 aromatic rings. The first-order valence-electron chi connectivity index (χ1n) is 8.06. The summed E-state index contributed by atoms with van der Waals surface area (Å²) in [5.41, 5.74) is 0.772.